The smallest absolute Gasteiger partial charge is 0.0594 e. The summed E-state index contributed by atoms with van der Waals surface area (Å²) < 4.78 is 5.44. The number of morpholine rings is 1. The summed E-state index contributed by atoms with van der Waals surface area (Å²) in [6, 6.07) is 10.4. The minimum Gasteiger partial charge on any atom is -0.379 e. The monoisotopic (exact) mass is 378 g/mol. The third kappa shape index (κ3) is 6.08. The first kappa shape index (κ1) is 18.9. The molecule has 1 aromatic heterocycles. The molecule has 0 saturated carbocycles. The summed E-state index contributed by atoms with van der Waals surface area (Å²) in [6.07, 6.45) is 1.19. The fourth-order valence-electron chi connectivity index (χ4n) is 3.22. The summed E-state index contributed by atoms with van der Waals surface area (Å²) in [7, 11) is 0. The molecule has 3 nitrogen and oxygen atoms in total. The summed E-state index contributed by atoms with van der Waals surface area (Å²) in [5.41, 5.74) is 2.68. The molecule has 3 rings (SSSR count). The van der Waals surface area contributed by atoms with E-state index in [9.17, 15) is 0 Å². The highest BCUT2D eigenvalue weighted by Crippen LogP contribution is 2.20. The molecule has 25 heavy (non-hydrogen) atoms. The number of benzene rings is 1. The average Bonchev–Trinajstić information content (AvgIpc) is 3.01. The molecule has 1 fully saturated rings. The van der Waals surface area contributed by atoms with E-state index in [-0.39, 0.29) is 0 Å². The third-order valence-corrected chi connectivity index (χ3v) is 5.93. The molecule has 1 saturated heterocycles. The van der Waals surface area contributed by atoms with Gasteiger partial charge in [-0.15, -0.1) is 11.3 Å². The van der Waals surface area contributed by atoms with E-state index in [0.29, 0.717) is 0 Å². The summed E-state index contributed by atoms with van der Waals surface area (Å²) in [5, 5.41) is 3.01. The van der Waals surface area contributed by atoms with Gasteiger partial charge in [-0.3, -0.25) is 9.80 Å². The highest BCUT2D eigenvalue weighted by atomic mass is 35.5. The Balaban J connectivity index is 1.58. The van der Waals surface area contributed by atoms with Crippen LogP contribution in [0.2, 0.25) is 5.02 Å². The van der Waals surface area contributed by atoms with Crippen LogP contribution in [0.15, 0.2) is 35.7 Å². The van der Waals surface area contributed by atoms with Gasteiger partial charge >= 0.3 is 0 Å². The fraction of sp³-hybridized carbons (Fsp3) is 0.500. The van der Waals surface area contributed by atoms with Crippen LogP contribution >= 0.6 is 22.9 Å². The molecule has 1 aromatic carbocycles. The molecule has 2 aromatic rings. The normalized spacial score (nSPS) is 15.8. The van der Waals surface area contributed by atoms with Gasteiger partial charge in [-0.2, -0.15) is 0 Å². The zero-order valence-corrected chi connectivity index (χ0v) is 16.5. The lowest BCUT2D eigenvalue weighted by Crippen LogP contribution is -2.38. The second kappa shape index (κ2) is 9.70. The molecule has 1 aliphatic rings. The van der Waals surface area contributed by atoms with E-state index in [2.05, 4.69) is 40.3 Å². The van der Waals surface area contributed by atoms with Gasteiger partial charge in [0.2, 0.25) is 0 Å². The van der Waals surface area contributed by atoms with E-state index in [4.69, 9.17) is 16.3 Å². The maximum atomic E-state index is 6.17. The van der Waals surface area contributed by atoms with Crippen LogP contribution in [-0.4, -0.2) is 49.2 Å². The number of ether oxygens (including phenoxy) is 1. The summed E-state index contributed by atoms with van der Waals surface area (Å²) in [5.74, 6) is 0. The zero-order valence-electron chi connectivity index (χ0n) is 14.9. The van der Waals surface area contributed by atoms with Gasteiger partial charge in [-0.05, 0) is 54.6 Å². The Morgan fingerprint density at radius 3 is 2.76 bits per heavy atom. The molecule has 5 heteroatoms. The van der Waals surface area contributed by atoms with E-state index in [0.717, 1.165) is 57.5 Å². The first-order valence-electron chi connectivity index (χ1n) is 9.00. The number of nitrogens with zero attached hydrogens (tertiary/aromatic N) is 2. The second-order valence-corrected chi connectivity index (χ2v) is 8.11. The van der Waals surface area contributed by atoms with E-state index < -0.39 is 0 Å². The molecule has 2 heterocycles. The Morgan fingerprint density at radius 2 is 2.04 bits per heavy atom. The fourth-order valence-corrected chi connectivity index (χ4v) is 4.38. The van der Waals surface area contributed by atoms with Gasteiger partial charge in [0.1, 0.15) is 0 Å². The summed E-state index contributed by atoms with van der Waals surface area (Å²) in [4.78, 5) is 6.52. The Labute approximate surface area is 160 Å². The summed E-state index contributed by atoms with van der Waals surface area (Å²) in [6.45, 7) is 10.3. The lowest BCUT2D eigenvalue weighted by Gasteiger charge is -2.28. The molecule has 0 unspecified atom stereocenters. The number of halogens is 1. The van der Waals surface area contributed by atoms with Crippen molar-refractivity contribution in [1.82, 2.24) is 9.80 Å². The van der Waals surface area contributed by atoms with E-state index in [1.54, 1.807) is 0 Å². The zero-order chi connectivity index (χ0) is 17.5. The van der Waals surface area contributed by atoms with E-state index in [1.165, 1.54) is 22.4 Å². The minimum absolute atomic E-state index is 0.818. The molecule has 0 bridgehead atoms. The van der Waals surface area contributed by atoms with Crippen molar-refractivity contribution in [1.29, 1.82) is 0 Å². The molecule has 0 atom stereocenters. The highest BCUT2D eigenvalue weighted by molar-refractivity contribution is 7.10. The second-order valence-electron chi connectivity index (χ2n) is 6.67. The third-order valence-electron chi connectivity index (χ3n) is 4.68. The van der Waals surface area contributed by atoms with Crippen molar-refractivity contribution in [3.63, 3.8) is 0 Å². The summed E-state index contributed by atoms with van der Waals surface area (Å²) >= 11 is 8.03. The molecule has 0 N–H and O–H groups in total. The number of aryl methyl sites for hydroxylation is 1. The van der Waals surface area contributed by atoms with Crippen LogP contribution in [-0.2, 0) is 17.8 Å². The van der Waals surface area contributed by atoms with Crippen LogP contribution in [0.25, 0.3) is 0 Å². The van der Waals surface area contributed by atoms with Crippen molar-refractivity contribution in [3.8, 4) is 0 Å². The van der Waals surface area contributed by atoms with Crippen molar-refractivity contribution in [3.05, 3.63) is 56.7 Å². The van der Waals surface area contributed by atoms with Crippen molar-refractivity contribution in [2.45, 2.75) is 26.4 Å². The standard InChI is InChI=1S/C20H27ClN2OS/c1-17-6-13-25-20(17)16-23(15-18-4-2-5-19(21)14-18)8-3-7-22-9-11-24-12-10-22/h2,4-6,13-14H,3,7-12,15-16H2,1H3. The van der Waals surface area contributed by atoms with Gasteiger partial charge in [-0.25, -0.2) is 0 Å². The molecular weight excluding hydrogens is 352 g/mol. The molecule has 136 valence electrons. The van der Waals surface area contributed by atoms with Crippen LogP contribution in [0.1, 0.15) is 22.4 Å². The van der Waals surface area contributed by atoms with Crippen molar-refractivity contribution in [2.75, 3.05) is 39.4 Å². The number of hydrogen-bond donors (Lipinski definition) is 0. The highest BCUT2D eigenvalue weighted by Gasteiger charge is 2.13. The Kier molecular flexibility index (Phi) is 7.32. The Bertz CT molecular complexity index is 655. The van der Waals surface area contributed by atoms with E-state index in [1.807, 2.05) is 23.5 Å². The van der Waals surface area contributed by atoms with Crippen LogP contribution in [0.5, 0.6) is 0 Å². The first-order chi connectivity index (χ1) is 12.2. The largest absolute Gasteiger partial charge is 0.379 e. The number of hydrogen-bond acceptors (Lipinski definition) is 4. The Morgan fingerprint density at radius 1 is 1.20 bits per heavy atom. The SMILES string of the molecule is Cc1ccsc1CN(CCCN1CCOCC1)Cc1cccc(Cl)c1. The topological polar surface area (TPSA) is 15.7 Å². The van der Waals surface area contributed by atoms with Crippen molar-refractivity contribution >= 4 is 22.9 Å². The van der Waals surface area contributed by atoms with Crippen LogP contribution in [0.4, 0.5) is 0 Å². The molecule has 0 spiro atoms. The van der Waals surface area contributed by atoms with Crippen molar-refractivity contribution < 1.29 is 4.74 Å². The minimum atomic E-state index is 0.818. The first-order valence-corrected chi connectivity index (χ1v) is 10.3. The predicted octanol–water partition coefficient (Wildman–Crippen LogP) is 4.43. The maximum Gasteiger partial charge on any atom is 0.0594 e. The number of rotatable bonds is 8. The number of thiophene rings is 1. The molecule has 0 radical (unpaired) electrons. The molecular formula is C20H27ClN2OS. The quantitative estimate of drug-likeness (QED) is 0.675. The van der Waals surface area contributed by atoms with Gasteiger partial charge in [-0.1, -0.05) is 23.7 Å². The van der Waals surface area contributed by atoms with Crippen molar-refractivity contribution in [2.24, 2.45) is 0 Å². The molecule has 0 amide bonds. The molecule has 0 aliphatic carbocycles. The van der Waals surface area contributed by atoms with Gasteiger partial charge in [0, 0.05) is 42.6 Å². The average molecular weight is 379 g/mol. The van der Waals surface area contributed by atoms with Crippen LogP contribution < -0.4 is 0 Å². The predicted molar refractivity (Wildman–Crippen MR) is 106 cm³/mol. The Hall–Kier alpha value is -0.910. The lowest BCUT2D eigenvalue weighted by molar-refractivity contribution is 0.0359. The lowest BCUT2D eigenvalue weighted by atomic mass is 10.2. The van der Waals surface area contributed by atoms with Gasteiger partial charge in [0.05, 0.1) is 13.2 Å². The van der Waals surface area contributed by atoms with Gasteiger partial charge < -0.3 is 4.74 Å². The van der Waals surface area contributed by atoms with Crippen LogP contribution in [0, 0.1) is 6.92 Å². The van der Waals surface area contributed by atoms with Gasteiger partial charge in [0.15, 0.2) is 0 Å². The van der Waals surface area contributed by atoms with E-state index >= 15 is 0 Å². The maximum absolute atomic E-state index is 6.17. The molecule has 1 aliphatic heterocycles. The van der Waals surface area contributed by atoms with Gasteiger partial charge in [0.25, 0.3) is 0 Å². The van der Waals surface area contributed by atoms with Crippen LogP contribution in [0.3, 0.4) is 0 Å².